The fourth-order valence-corrected chi connectivity index (χ4v) is 7.46. The molecule has 8 nitrogen and oxygen atoms in total. The molecule has 3 N–H and O–H groups in total. The van der Waals surface area contributed by atoms with Gasteiger partial charge in [0, 0.05) is 22.9 Å². The van der Waals surface area contributed by atoms with Crippen LogP contribution in [0, 0.1) is 16.7 Å². The van der Waals surface area contributed by atoms with E-state index in [4.69, 9.17) is 9.47 Å². The van der Waals surface area contributed by atoms with E-state index >= 15 is 0 Å². The predicted octanol–water partition coefficient (Wildman–Crippen LogP) is 6.89. The lowest BCUT2D eigenvalue weighted by Gasteiger charge is -2.45. The number of rotatable bonds is 16. The lowest BCUT2D eigenvalue weighted by molar-refractivity contribution is -0.304. The van der Waals surface area contributed by atoms with E-state index in [2.05, 4.69) is 17.6 Å². The third-order valence-electron chi connectivity index (χ3n) is 10.1. The summed E-state index contributed by atoms with van der Waals surface area (Å²) in [6.07, 6.45) is 17.8. The van der Waals surface area contributed by atoms with Crippen molar-refractivity contribution in [2.75, 3.05) is 6.61 Å². The van der Waals surface area contributed by atoms with Gasteiger partial charge in [-0.25, -0.2) is 0 Å². The van der Waals surface area contributed by atoms with E-state index in [1.54, 1.807) is 13.8 Å². The Labute approximate surface area is 254 Å². The highest BCUT2D eigenvalue weighted by atomic mass is 16.7. The van der Waals surface area contributed by atoms with Crippen LogP contribution in [0.15, 0.2) is 0 Å². The smallest absolute Gasteiger partial charge is 0.305 e. The van der Waals surface area contributed by atoms with Crippen LogP contribution in [-0.2, 0) is 23.9 Å². The number of unbranched alkanes of at least 4 members (excludes halogenated alkanes) is 7. The van der Waals surface area contributed by atoms with Crippen LogP contribution in [0.2, 0.25) is 0 Å². The average molecular weight is 593 g/mol. The van der Waals surface area contributed by atoms with Crippen molar-refractivity contribution in [2.24, 2.45) is 16.7 Å². The molecule has 242 valence electrons. The molecule has 8 heteroatoms. The van der Waals surface area contributed by atoms with E-state index in [1.807, 2.05) is 13.8 Å². The molecule has 0 aromatic carbocycles. The molecule has 2 aliphatic carbocycles. The fraction of sp³-hybridized carbons (Fsp3) is 0.912. The summed E-state index contributed by atoms with van der Waals surface area (Å²) < 4.78 is 11.8. The number of aliphatic carboxylic acids is 1. The zero-order valence-electron chi connectivity index (χ0n) is 27.2. The number of carboxylic acids is 1. The molecular weight excluding hydrogens is 532 g/mol. The van der Waals surface area contributed by atoms with Gasteiger partial charge < -0.3 is 25.2 Å². The lowest BCUT2D eigenvalue weighted by atomic mass is 9.70. The van der Waals surface area contributed by atoms with Gasteiger partial charge in [0.1, 0.15) is 6.10 Å². The highest BCUT2D eigenvalue weighted by Gasteiger charge is 2.48. The maximum Gasteiger partial charge on any atom is 0.305 e. The lowest BCUT2D eigenvalue weighted by Crippen LogP contribution is -2.59. The van der Waals surface area contributed by atoms with Gasteiger partial charge in [0.15, 0.2) is 5.79 Å². The largest absolute Gasteiger partial charge is 0.481 e. The second kappa shape index (κ2) is 15.9. The normalized spacial score (nSPS) is 27.2. The van der Waals surface area contributed by atoms with Crippen molar-refractivity contribution < 1.29 is 29.0 Å². The summed E-state index contributed by atoms with van der Waals surface area (Å²) in [5.74, 6) is -2.14. The zero-order chi connectivity index (χ0) is 30.8. The van der Waals surface area contributed by atoms with E-state index in [9.17, 15) is 19.5 Å². The van der Waals surface area contributed by atoms with Crippen LogP contribution < -0.4 is 10.6 Å². The van der Waals surface area contributed by atoms with E-state index < -0.39 is 29.3 Å². The minimum atomic E-state index is -0.955. The Morgan fingerprint density at radius 3 is 2.17 bits per heavy atom. The monoisotopic (exact) mass is 592 g/mol. The number of nitrogens with one attached hydrogen (secondary N) is 2. The number of hydrogen-bond donors (Lipinski definition) is 3. The summed E-state index contributed by atoms with van der Waals surface area (Å²) >= 11 is 0. The van der Waals surface area contributed by atoms with Gasteiger partial charge in [-0.15, -0.1) is 0 Å². The van der Waals surface area contributed by atoms with Gasteiger partial charge in [-0.05, 0) is 51.9 Å². The van der Waals surface area contributed by atoms with Crippen LogP contribution in [0.3, 0.4) is 0 Å². The first-order chi connectivity index (χ1) is 19.9. The van der Waals surface area contributed by atoms with E-state index in [0.717, 1.165) is 57.8 Å². The van der Waals surface area contributed by atoms with E-state index in [-0.39, 0.29) is 35.6 Å². The molecule has 42 heavy (non-hydrogen) atoms. The van der Waals surface area contributed by atoms with Gasteiger partial charge in [0.25, 0.3) is 0 Å². The number of carbonyl (C=O) groups excluding carboxylic acids is 2. The van der Waals surface area contributed by atoms with Crippen molar-refractivity contribution >= 4 is 17.8 Å². The molecule has 0 aromatic heterocycles. The van der Waals surface area contributed by atoms with Crippen molar-refractivity contribution in [2.45, 2.75) is 174 Å². The molecule has 0 aromatic rings. The van der Waals surface area contributed by atoms with Crippen LogP contribution in [0.5, 0.6) is 0 Å². The predicted molar refractivity (Wildman–Crippen MR) is 165 cm³/mol. The van der Waals surface area contributed by atoms with E-state index in [0.29, 0.717) is 6.61 Å². The maximum absolute atomic E-state index is 14.0. The first-order valence-corrected chi connectivity index (χ1v) is 17.0. The standard InChI is InChI=1S/C34H60N2O6/c1-6-7-8-9-10-11-12-14-20-34(21-15-13-16-22-34)31(40)36-26-19-17-18-25(26)27(23-28(37)38)35-30(39)29-32(2,3)24-41-33(4,5)42-29/h25-27,29H,6-24H2,1-5H3,(H,35,39)(H,36,40)(H,37,38). The van der Waals surface area contributed by atoms with Gasteiger partial charge in [0.2, 0.25) is 11.8 Å². The molecular formula is C34H60N2O6. The molecule has 3 rings (SSSR count). The van der Waals surface area contributed by atoms with Gasteiger partial charge in [-0.3, -0.25) is 14.4 Å². The van der Waals surface area contributed by atoms with Gasteiger partial charge >= 0.3 is 5.97 Å². The molecule has 1 heterocycles. The highest BCUT2D eigenvalue weighted by Crippen LogP contribution is 2.42. The molecule has 2 saturated carbocycles. The second-order valence-corrected chi connectivity index (χ2v) is 14.6. The maximum atomic E-state index is 14.0. The molecule has 0 bridgehead atoms. The molecule has 2 amide bonds. The van der Waals surface area contributed by atoms with Crippen LogP contribution >= 0.6 is 0 Å². The van der Waals surface area contributed by atoms with E-state index in [1.165, 1.54) is 51.4 Å². The summed E-state index contributed by atoms with van der Waals surface area (Å²) in [5, 5.41) is 16.3. The van der Waals surface area contributed by atoms with Gasteiger partial charge in [0.05, 0.1) is 13.0 Å². The summed E-state index contributed by atoms with van der Waals surface area (Å²) in [4.78, 5) is 39.5. The third-order valence-corrected chi connectivity index (χ3v) is 10.1. The number of carbonyl (C=O) groups is 3. The number of carboxylic acid groups (broad SMARTS) is 1. The SMILES string of the molecule is CCCCCCCCCCC1(C(=O)NC2CCCC2C(CC(=O)O)NC(=O)C2OC(C)(C)OCC2(C)C)CCCCC1. The molecule has 3 aliphatic rings. The van der Waals surface area contributed by atoms with Crippen molar-refractivity contribution in [1.82, 2.24) is 10.6 Å². The minimum Gasteiger partial charge on any atom is -0.481 e. The Balaban J connectivity index is 1.64. The van der Waals surface area contributed by atoms with Crippen LogP contribution in [-0.4, -0.2) is 53.5 Å². The van der Waals surface area contributed by atoms with Crippen LogP contribution in [0.1, 0.15) is 150 Å². The van der Waals surface area contributed by atoms with Gasteiger partial charge in [-0.2, -0.15) is 0 Å². The summed E-state index contributed by atoms with van der Waals surface area (Å²) in [6.45, 7) is 10.0. The molecule has 4 unspecified atom stereocenters. The Morgan fingerprint density at radius 1 is 0.881 bits per heavy atom. The van der Waals surface area contributed by atoms with Crippen molar-refractivity contribution in [3.05, 3.63) is 0 Å². The third kappa shape index (κ3) is 9.93. The Kier molecular flexibility index (Phi) is 13.2. The number of amides is 2. The van der Waals surface area contributed by atoms with Crippen LogP contribution in [0.25, 0.3) is 0 Å². The average Bonchev–Trinajstić information content (AvgIpc) is 3.39. The first kappa shape index (κ1) is 34.8. The van der Waals surface area contributed by atoms with Crippen molar-refractivity contribution in [3.8, 4) is 0 Å². The zero-order valence-corrected chi connectivity index (χ0v) is 27.2. The highest BCUT2D eigenvalue weighted by molar-refractivity contribution is 5.84. The summed E-state index contributed by atoms with van der Waals surface area (Å²) in [5.41, 5.74) is -0.871. The Bertz CT molecular complexity index is 881. The minimum absolute atomic E-state index is 0.131. The molecule has 0 radical (unpaired) electrons. The number of hydrogen-bond acceptors (Lipinski definition) is 5. The molecule has 1 aliphatic heterocycles. The fourth-order valence-electron chi connectivity index (χ4n) is 7.46. The summed E-state index contributed by atoms with van der Waals surface area (Å²) in [6, 6.07) is -0.720. The Hall–Kier alpha value is -1.67. The molecule has 4 atom stereocenters. The van der Waals surface area contributed by atoms with Gasteiger partial charge in [-0.1, -0.05) is 97.8 Å². The number of ether oxygens (including phenoxy) is 2. The molecule has 0 spiro atoms. The topological polar surface area (TPSA) is 114 Å². The second-order valence-electron chi connectivity index (χ2n) is 14.6. The first-order valence-electron chi connectivity index (χ1n) is 17.0. The van der Waals surface area contributed by atoms with Crippen molar-refractivity contribution in [3.63, 3.8) is 0 Å². The summed E-state index contributed by atoms with van der Waals surface area (Å²) in [7, 11) is 0. The molecule has 1 saturated heterocycles. The Morgan fingerprint density at radius 2 is 1.52 bits per heavy atom. The van der Waals surface area contributed by atoms with Crippen molar-refractivity contribution in [1.29, 1.82) is 0 Å². The quantitative estimate of drug-likeness (QED) is 0.168. The molecule has 3 fully saturated rings. The van der Waals surface area contributed by atoms with Crippen LogP contribution in [0.4, 0.5) is 0 Å².